The molecule has 0 aliphatic heterocycles. The first-order chi connectivity index (χ1) is 10.1. The topological polar surface area (TPSA) is 21.3 Å². The molecule has 0 aliphatic rings. The molecule has 2 aromatic rings. The Bertz CT molecular complexity index is 634. The molecule has 0 bridgehead atoms. The van der Waals surface area contributed by atoms with E-state index in [-0.39, 0.29) is 6.04 Å². The highest BCUT2D eigenvalue weighted by atomic mass is 79.9. The second kappa shape index (κ2) is 7.50. The predicted octanol–water partition coefficient (Wildman–Crippen LogP) is 5.46. The van der Waals surface area contributed by atoms with Crippen LogP contribution in [0.3, 0.4) is 0 Å². The molecule has 112 valence electrons. The van der Waals surface area contributed by atoms with Gasteiger partial charge in [-0.15, -0.1) is 0 Å². The van der Waals surface area contributed by atoms with E-state index >= 15 is 0 Å². The Morgan fingerprint density at radius 2 is 1.90 bits per heavy atom. The maximum absolute atomic E-state index is 6.38. The summed E-state index contributed by atoms with van der Waals surface area (Å²) < 4.78 is 6.16. The summed E-state index contributed by atoms with van der Waals surface area (Å²) in [6.45, 7) is 2.88. The summed E-state index contributed by atoms with van der Waals surface area (Å²) in [5.41, 5.74) is 2.06. The van der Waals surface area contributed by atoms with E-state index in [1.54, 1.807) is 7.11 Å². The highest BCUT2D eigenvalue weighted by Crippen LogP contribution is 2.34. The second-order valence-electron chi connectivity index (χ2n) is 4.55. The third-order valence-corrected chi connectivity index (χ3v) is 4.31. The van der Waals surface area contributed by atoms with Crippen molar-refractivity contribution < 1.29 is 4.74 Å². The minimum absolute atomic E-state index is 0.0148. The summed E-state index contributed by atoms with van der Waals surface area (Å²) in [4.78, 5) is 0. The van der Waals surface area contributed by atoms with Crippen LogP contribution in [0.4, 0.5) is 0 Å². The van der Waals surface area contributed by atoms with Gasteiger partial charge in [-0.25, -0.2) is 0 Å². The molecule has 0 fully saturated rings. The Morgan fingerprint density at radius 1 is 1.14 bits per heavy atom. The van der Waals surface area contributed by atoms with Gasteiger partial charge in [-0.05, 0) is 41.9 Å². The van der Waals surface area contributed by atoms with Gasteiger partial charge < -0.3 is 10.1 Å². The fraction of sp³-hybridized carbons (Fsp3) is 0.250. The summed E-state index contributed by atoms with van der Waals surface area (Å²) in [5, 5.41) is 4.74. The summed E-state index contributed by atoms with van der Waals surface area (Å²) in [5.74, 6) is 0.664. The summed E-state index contributed by atoms with van der Waals surface area (Å²) in [6.07, 6.45) is 0. The van der Waals surface area contributed by atoms with Gasteiger partial charge >= 0.3 is 0 Å². The lowest BCUT2D eigenvalue weighted by Crippen LogP contribution is -2.22. The van der Waals surface area contributed by atoms with Gasteiger partial charge in [0.1, 0.15) is 5.75 Å². The fourth-order valence-corrected chi connectivity index (χ4v) is 3.26. The van der Waals surface area contributed by atoms with Crippen molar-refractivity contribution in [2.75, 3.05) is 13.7 Å². The molecule has 2 aromatic carbocycles. The number of nitrogens with one attached hydrogen (secondary N) is 1. The van der Waals surface area contributed by atoms with Crippen LogP contribution < -0.4 is 10.1 Å². The zero-order valence-electron chi connectivity index (χ0n) is 11.8. The Labute approximate surface area is 143 Å². The maximum atomic E-state index is 6.38. The Balaban J connectivity index is 2.45. The molecular formula is C16H16BrCl2NO. The lowest BCUT2D eigenvalue weighted by atomic mass is 9.98. The highest BCUT2D eigenvalue weighted by molar-refractivity contribution is 9.10. The quantitative estimate of drug-likeness (QED) is 0.733. The van der Waals surface area contributed by atoms with E-state index in [0.29, 0.717) is 15.8 Å². The molecule has 0 radical (unpaired) electrons. The van der Waals surface area contributed by atoms with Gasteiger partial charge in [0.05, 0.1) is 18.2 Å². The predicted molar refractivity (Wildman–Crippen MR) is 92.7 cm³/mol. The lowest BCUT2D eigenvalue weighted by molar-refractivity contribution is 0.414. The zero-order chi connectivity index (χ0) is 15.4. The third kappa shape index (κ3) is 3.92. The first kappa shape index (κ1) is 16.6. The first-order valence-electron chi connectivity index (χ1n) is 6.58. The molecular weight excluding hydrogens is 373 g/mol. The molecule has 1 N–H and O–H groups in total. The van der Waals surface area contributed by atoms with Crippen molar-refractivity contribution in [3.8, 4) is 5.75 Å². The minimum Gasteiger partial charge on any atom is -0.495 e. The molecule has 0 aliphatic carbocycles. The van der Waals surface area contributed by atoms with Crippen LogP contribution in [0.5, 0.6) is 5.75 Å². The van der Waals surface area contributed by atoms with E-state index in [4.69, 9.17) is 27.9 Å². The standard InChI is InChI=1S/C16H16BrCl2NO/c1-3-20-16(12-6-5-11(17)9-13(12)18)10-4-7-15(21-2)14(19)8-10/h4-9,16,20H,3H2,1-2H3. The van der Waals surface area contributed by atoms with Crippen LogP contribution in [0, 0.1) is 0 Å². The second-order valence-corrected chi connectivity index (χ2v) is 6.28. The zero-order valence-corrected chi connectivity index (χ0v) is 14.9. The van der Waals surface area contributed by atoms with Crippen LogP contribution in [-0.2, 0) is 0 Å². The summed E-state index contributed by atoms with van der Waals surface area (Å²) >= 11 is 16.0. The van der Waals surface area contributed by atoms with Gasteiger partial charge in [0.25, 0.3) is 0 Å². The number of benzene rings is 2. The van der Waals surface area contributed by atoms with Gasteiger partial charge in [0.15, 0.2) is 0 Å². The number of rotatable bonds is 5. The van der Waals surface area contributed by atoms with Crippen LogP contribution in [-0.4, -0.2) is 13.7 Å². The van der Waals surface area contributed by atoms with Gasteiger partial charge in [-0.2, -0.15) is 0 Å². The van der Waals surface area contributed by atoms with Crippen molar-refractivity contribution in [2.24, 2.45) is 0 Å². The number of hydrogen-bond donors (Lipinski definition) is 1. The number of methoxy groups -OCH3 is 1. The minimum atomic E-state index is -0.0148. The maximum Gasteiger partial charge on any atom is 0.137 e. The van der Waals surface area contributed by atoms with Gasteiger partial charge in [0, 0.05) is 9.50 Å². The Kier molecular flexibility index (Phi) is 5.94. The Morgan fingerprint density at radius 3 is 2.48 bits per heavy atom. The molecule has 0 saturated carbocycles. The van der Waals surface area contributed by atoms with Gasteiger partial charge in [-0.1, -0.05) is 58.2 Å². The van der Waals surface area contributed by atoms with Crippen LogP contribution in [0.25, 0.3) is 0 Å². The average Bonchev–Trinajstić information content (AvgIpc) is 2.45. The number of ether oxygens (including phenoxy) is 1. The molecule has 1 unspecified atom stereocenters. The summed E-state index contributed by atoms with van der Waals surface area (Å²) in [7, 11) is 1.61. The van der Waals surface area contributed by atoms with E-state index in [2.05, 4.69) is 28.2 Å². The molecule has 0 aromatic heterocycles. The third-order valence-electron chi connectivity index (χ3n) is 3.19. The molecule has 0 amide bonds. The lowest BCUT2D eigenvalue weighted by Gasteiger charge is -2.21. The van der Waals surface area contributed by atoms with Crippen molar-refractivity contribution in [2.45, 2.75) is 13.0 Å². The van der Waals surface area contributed by atoms with Crippen LogP contribution in [0.2, 0.25) is 10.0 Å². The normalized spacial score (nSPS) is 12.2. The van der Waals surface area contributed by atoms with Crippen LogP contribution in [0.1, 0.15) is 24.1 Å². The van der Waals surface area contributed by atoms with E-state index in [9.17, 15) is 0 Å². The van der Waals surface area contributed by atoms with Crippen LogP contribution >= 0.6 is 39.1 Å². The molecule has 5 heteroatoms. The van der Waals surface area contributed by atoms with Gasteiger partial charge in [0.2, 0.25) is 0 Å². The number of halogens is 3. The molecule has 1 atom stereocenters. The van der Waals surface area contributed by atoms with Gasteiger partial charge in [-0.3, -0.25) is 0 Å². The molecule has 0 heterocycles. The van der Waals surface area contributed by atoms with Crippen molar-refractivity contribution in [1.82, 2.24) is 5.32 Å². The van der Waals surface area contributed by atoms with E-state index in [1.165, 1.54) is 0 Å². The SMILES string of the molecule is CCNC(c1ccc(OC)c(Cl)c1)c1ccc(Br)cc1Cl. The van der Waals surface area contributed by atoms with Crippen molar-refractivity contribution in [1.29, 1.82) is 0 Å². The average molecular weight is 389 g/mol. The first-order valence-corrected chi connectivity index (χ1v) is 8.13. The van der Waals surface area contributed by atoms with Crippen molar-refractivity contribution in [3.05, 3.63) is 62.0 Å². The largest absolute Gasteiger partial charge is 0.495 e. The molecule has 0 spiro atoms. The summed E-state index contributed by atoms with van der Waals surface area (Å²) in [6, 6.07) is 11.7. The molecule has 21 heavy (non-hydrogen) atoms. The fourth-order valence-electron chi connectivity index (χ4n) is 2.21. The van der Waals surface area contributed by atoms with Crippen LogP contribution in [0.15, 0.2) is 40.9 Å². The van der Waals surface area contributed by atoms with E-state index in [1.807, 2.05) is 36.4 Å². The molecule has 2 rings (SSSR count). The van der Waals surface area contributed by atoms with E-state index in [0.717, 1.165) is 22.1 Å². The Hall–Kier alpha value is -0.740. The smallest absolute Gasteiger partial charge is 0.137 e. The highest BCUT2D eigenvalue weighted by Gasteiger charge is 2.17. The monoisotopic (exact) mass is 387 g/mol. The van der Waals surface area contributed by atoms with E-state index < -0.39 is 0 Å². The molecule has 0 saturated heterocycles. The molecule has 2 nitrogen and oxygen atoms in total. The number of hydrogen-bond acceptors (Lipinski definition) is 2. The van der Waals surface area contributed by atoms with Crippen molar-refractivity contribution >= 4 is 39.1 Å². The van der Waals surface area contributed by atoms with Crippen molar-refractivity contribution in [3.63, 3.8) is 0 Å².